The molecular weight excluding hydrogens is 342 g/mol. The number of carbonyl (C=O) groups is 3. The molecule has 1 unspecified atom stereocenters. The fourth-order valence-corrected chi connectivity index (χ4v) is 3.03. The van der Waals surface area contributed by atoms with E-state index in [-0.39, 0.29) is 11.8 Å². The average molecular weight is 368 g/mol. The van der Waals surface area contributed by atoms with Crippen molar-refractivity contribution in [3.63, 3.8) is 0 Å². The van der Waals surface area contributed by atoms with Crippen molar-refractivity contribution < 1.29 is 14.4 Å². The number of hydrogen-bond acceptors (Lipinski definition) is 6. The summed E-state index contributed by atoms with van der Waals surface area (Å²) in [4.78, 5) is 34.5. The summed E-state index contributed by atoms with van der Waals surface area (Å²) in [6.45, 7) is 4.47. The molecule has 9 heteroatoms. The molecule has 3 amide bonds. The Bertz CT molecular complexity index is 368. The Morgan fingerprint density at radius 1 is 1.14 bits per heavy atom. The van der Waals surface area contributed by atoms with Gasteiger partial charge in [0.1, 0.15) is 6.04 Å². The fraction of sp³-hybridized carbons (Fsp3) is 0.769. The van der Waals surface area contributed by atoms with Gasteiger partial charge in [0.25, 0.3) is 0 Å². The molecule has 22 heavy (non-hydrogen) atoms. The molecule has 0 heterocycles. The van der Waals surface area contributed by atoms with E-state index >= 15 is 0 Å². The first kappa shape index (κ1) is 21.5. The SMILES string of the molecule is CSSCC(=O)NCCCC(NC(=O)CSC(C)C)C(N)=O. The molecule has 0 aromatic rings. The number of rotatable bonds is 12. The van der Waals surface area contributed by atoms with Crippen LogP contribution in [0, 0.1) is 0 Å². The maximum atomic E-state index is 11.7. The minimum atomic E-state index is -0.683. The summed E-state index contributed by atoms with van der Waals surface area (Å²) < 4.78 is 0. The first-order valence-corrected chi connectivity index (χ1v) is 10.8. The highest BCUT2D eigenvalue weighted by atomic mass is 33.1. The zero-order valence-electron chi connectivity index (χ0n) is 13.2. The lowest BCUT2D eigenvalue weighted by Gasteiger charge is -2.16. The molecule has 0 rings (SSSR count). The number of primary amides is 1. The third-order valence-corrected chi connectivity index (χ3v) is 5.30. The topological polar surface area (TPSA) is 101 Å². The molecule has 0 aromatic carbocycles. The zero-order chi connectivity index (χ0) is 17.0. The second-order valence-electron chi connectivity index (χ2n) is 4.80. The lowest BCUT2D eigenvalue weighted by molar-refractivity contribution is -0.126. The van der Waals surface area contributed by atoms with Gasteiger partial charge in [-0.15, -0.1) is 11.8 Å². The van der Waals surface area contributed by atoms with Crippen LogP contribution < -0.4 is 16.4 Å². The van der Waals surface area contributed by atoms with Gasteiger partial charge in [0, 0.05) is 6.54 Å². The first-order chi connectivity index (χ1) is 10.4. The van der Waals surface area contributed by atoms with Crippen LogP contribution in [0.2, 0.25) is 0 Å². The minimum Gasteiger partial charge on any atom is -0.368 e. The summed E-state index contributed by atoms with van der Waals surface area (Å²) in [7, 11) is 3.01. The Morgan fingerprint density at radius 2 is 1.82 bits per heavy atom. The van der Waals surface area contributed by atoms with Crippen molar-refractivity contribution in [2.75, 3.05) is 24.3 Å². The molecule has 0 aliphatic heterocycles. The zero-order valence-corrected chi connectivity index (χ0v) is 15.7. The monoisotopic (exact) mass is 367 g/mol. The number of thioether (sulfide) groups is 1. The van der Waals surface area contributed by atoms with E-state index in [9.17, 15) is 14.4 Å². The van der Waals surface area contributed by atoms with Crippen molar-refractivity contribution in [2.24, 2.45) is 5.73 Å². The molecule has 128 valence electrons. The highest BCUT2D eigenvalue weighted by molar-refractivity contribution is 8.76. The minimum absolute atomic E-state index is 0.0349. The van der Waals surface area contributed by atoms with Crippen LogP contribution in [0.15, 0.2) is 0 Å². The maximum absolute atomic E-state index is 11.7. The predicted octanol–water partition coefficient (Wildman–Crippen LogP) is 1.01. The lowest BCUT2D eigenvalue weighted by Crippen LogP contribution is -2.45. The molecule has 4 N–H and O–H groups in total. The summed E-state index contributed by atoms with van der Waals surface area (Å²) in [6.07, 6.45) is 2.92. The van der Waals surface area contributed by atoms with E-state index in [0.29, 0.717) is 36.1 Å². The van der Waals surface area contributed by atoms with E-state index < -0.39 is 11.9 Å². The highest BCUT2D eigenvalue weighted by Crippen LogP contribution is 2.15. The molecule has 0 aromatic heterocycles. The van der Waals surface area contributed by atoms with E-state index in [2.05, 4.69) is 10.6 Å². The lowest BCUT2D eigenvalue weighted by atomic mass is 10.1. The van der Waals surface area contributed by atoms with Gasteiger partial charge in [0.15, 0.2) is 0 Å². The van der Waals surface area contributed by atoms with Gasteiger partial charge in [-0.3, -0.25) is 14.4 Å². The van der Waals surface area contributed by atoms with Crippen LogP contribution in [0.4, 0.5) is 0 Å². The molecule has 0 aliphatic rings. The van der Waals surface area contributed by atoms with Gasteiger partial charge < -0.3 is 16.4 Å². The number of nitrogens with one attached hydrogen (secondary N) is 2. The van der Waals surface area contributed by atoms with Crippen molar-refractivity contribution >= 4 is 51.1 Å². The van der Waals surface area contributed by atoms with Gasteiger partial charge in [-0.25, -0.2) is 0 Å². The quantitative estimate of drug-likeness (QED) is 0.351. The molecule has 0 spiro atoms. The third kappa shape index (κ3) is 12.0. The van der Waals surface area contributed by atoms with E-state index in [4.69, 9.17) is 5.73 Å². The van der Waals surface area contributed by atoms with Gasteiger partial charge in [-0.05, 0) is 24.3 Å². The summed E-state index contributed by atoms with van der Waals surface area (Å²) in [5.41, 5.74) is 5.29. The van der Waals surface area contributed by atoms with Crippen LogP contribution in [-0.2, 0) is 14.4 Å². The van der Waals surface area contributed by atoms with Crippen molar-refractivity contribution in [1.29, 1.82) is 0 Å². The van der Waals surface area contributed by atoms with Crippen molar-refractivity contribution in [1.82, 2.24) is 10.6 Å². The van der Waals surface area contributed by atoms with Crippen molar-refractivity contribution in [3.05, 3.63) is 0 Å². The summed E-state index contributed by atoms with van der Waals surface area (Å²) >= 11 is 1.51. The summed E-state index contributed by atoms with van der Waals surface area (Å²) in [5, 5.41) is 5.76. The molecule has 0 saturated carbocycles. The van der Waals surface area contributed by atoms with E-state index in [1.165, 1.54) is 33.3 Å². The van der Waals surface area contributed by atoms with Crippen molar-refractivity contribution in [3.8, 4) is 0 Å². The summed E-state index contributed by atoms with van der Waals surface area (Å²) in [6, 6.07) is -0.683. The van der Waals surface area contributed by atoms with Gasteiger partial charge >= 0.3 is 0 Å². The number of hydrogen-bond donors (Lipinski definition) is 3. The molecule has 1 atom stereocenters. The molecule has 0 saturated heterocycles. The fourth-order valence-electron chi connectivity index (χ4n) is 1.46. The highest BCUT2D eigenvalue weighted by Gasteiger charge is 2.17. The molecule has 6 nitrogen and oxygen atoms in total. The van der Waals surface area contributed by atoms with Crippen LogP contribution in [-0.4, -0.2) is 53.3 Å². The van der Waals surface area contributed by atoms with Crippen LogP contribution >= 0.6 is 33.3 Å². The standard InChI is InChI=1S/C13H25N3O3S3/c1-9(2)21-7-12(18)16-10(13(14)19)5-4-6-15-11(17)8-22-20-3/h9-10H,4-8H2,1-3H3,(H2,14,19)(H,15,17)(H,16,18). The Hall–Kier alpha value is -0.540. The molecule has 0 bridgehead atoms. The van der Waals surface area contributed by atoms with Crippen LogP contribution in [0.25, 0.3) is 0 Å². The number of carbonyl (C=O) groups excluding carboxylic acids is 3. The normalized spacial score (nSPS) is 12.0. The van der Waals surface area contributed by atoms with Gasteiger partial charge in [-0.1, -0.05) is 35.4 Å². The summed E-state index contributed by atoms with van der Waals surface area (Å²) in [5.74, 6) is -0.0596. The Morgan fingerprint density at radius 3 is 2.36 bits per heavy atom. The predicted molar refractivity (Wildman–Crippen MR) is 96.9 cm³/mol. The number of nitrogens with two attached hydrogens (primary N) is 1. The Kier molecular flexibility index (Phi) is 12.6. The smallest absolute Gasteiger partial charge is 0.240 e. The largest absolute Gasteiger partial charge is 0.368 e. The Labute approximate surface area is 144 Å². The van der Waals surface area contributed by atoms with Gasteiger partial charge in [0.05, 0.1) is 11.5 Å². The van der Waals surface area contributed by atoms with Crippen LogP contribution in [0.3, 0.4) is 0 Å². The van der Waals surface area contributed by atoms with E-state index in [1.807, 2.05) is 20.1 Å². The maximum Gasteiger partial charge on any atom is 0.240 e. The third-order valence-electron chi connectivity index (χ3n) is 2.53. The molecule has 0 radical (unpaired) electrons. The first-order valence-electron chi connectivity index (χ1n) is 6.99. The van der Waals surface area contributed by atoms with Gasteiger partial charge in [0.2, 0.25) is 17.7 Å². The second kappa shape index (κ2) is 13.0. The van der Waals surface area contributed by atoms with Gasteiger partial charge in [-0.2, -0.15) is 0 Å². The number of amides is 3. The van der Waals surface area contributed by atoms with E-state index in [0.717, 1.165) is 0 Å². The van der Waals surface area contributed by atoms with Crippen molar-refractivity contribution in [2.45, 2.75) is 38.0 Å². The second-order valence-corrected chi connectivity index (χ2v) is 8.93. The van der Waals surface area contributed by atoms with Crippen LogP contribution in [0.1, 0.15) is 26.7 Å². The molecule has 0 fully saturated rings. The Balaban J connectivity index is 3.97. The average Bonchev–Trinajstić information content (AvgIpc) is 2.45. The van der Waals surface area contributed by atoms with Crippen LogP contribution in [0.5, 0.6) is 0 Å². The molecule has 0 aliphatic carbocycles. The molecular formula is C13H25N3O3S3. The van der Waals surface area contributed by atoms with E-state index in [1.54, 1.807) is 0 Å².